The standard InChI is InChI=1S/C12H12ClNO3S/c1-8-4-3-5-9-6-10(7-17-18(2,15)16)12(13)14-11(8)9/h3-6H,7H2,1-2H3. The number of aromatic nitrogens is 1. The van der Waals surface area contributed by atoms with Crippen LogP contribution in [0, 0.1) is 6.92 Å². The van der Waals surface area contributed by atoms with Crippen LogP contribution in [-0.2, 0) is 20.9 Å². The molecular formula is C12H12ClNO3S. The highest BCUT2D eigenvalue weighted by Gasteiger charge is 2.09. The Kier molecular flexibility index (Phi) is 3.56. The van der Waals surface area contributed by atoms with Gasteiger partial charge in [-0.3, -0.25) is 4.18 Å². The fourth-order valence-corrected chi connectivity index (χ4v) is 2.17. The van der Waals surface area contributed by atoms with Crippen LogP contribution in [0.3, 0.4) is 0 Å². The number of halogens is 1. The van der Waals surface area contributed by atoms with E-state index in [1.807, 2.05) is 25.1 Å². The van der Waals surface area contributed by atoms with Crippen molar-refractivity contribution in [3.63, 3.8) is 0 Å². The molecule has 0 spiro atoms. The Morgan fingerprint density at radius 3 is 2.78 bits per heavy atom. The average Bonchev–Trinajstić information content (AvgIpc) is 2.27. The monoisotopic (exact) mass is 285 g/mol. The Balaban J connectivity index is 2.44. The molecule has 0 aliphatic heterocycles. The van der Waals surface area contributed by atoms with E-state index in [2.05, 4.69) is 4.98 Å². The zero-order valence-electron chi connectivity index (χ0n) is 9.97. The Labute approximate surface area is 111 Å². The van der Waals surface area contributed by atoms with Crippen LogP contribution in [0.2, 0.25) is 5.15 Å². The highest BCUT2D eigenvalue weighted by atomic mass is 35.5. The summed E-state index contributed by atoms with van der Waals surface area (Å²) in [5, 5.41) is 1.17. The van der Waals surface area contributed by atoms with Crippen molar-refractivity contribution in [1.29, 1.82) is 0 Å². The van der Waals surface area contributed by atoms with Crippen LogP contribution in [0.1, 0.15) is 11.1 Å². The lowest BCUT2D eigenvalue weighted by Crippen LogP contribution is -2.03. The molecule has 0 radical (unpaired) electrons. The van der Waals surface area contributed by atoms with E-state index in [4.69, 9.17) is 15.8 Å². The van der Waals surface area contributed by atoms with E-state index < -0.39 is 10.1 Å². The van der Waals surface area contributed by atoms with Gasteiger partial charge in [0.15, 0.2) is 0 Å². The fourth-order valence-electron chi connectivity index (χ4n) is 1.64. The lowest BCUT2D eigenvalue weighted by molar-refractivity contribution is 0.311. The third-order valence-corrected chi connectivity index (χ3v) is 3.38. The number of hydrogen-bond acceptors (Lipinski definition) is 4. The molecule has 1 aromatic carbocycles. The molecule has 0 bridgehead atoms. The predicted octanol–water partition coefficient (Wildman–Crippen LogP) is 2.67. The molecule has 1 heterocycles. The molecule has 0 atom stereocenters. The summed E-state index contributed by atoms with van der Waals surface area (Å²) in [6.07, 6.45) is 1.000. The average molecular weight is 286 g/mol. The van der Waals surface area contributed by atoms with Gasteiger partial charge in [-0.05, 0) is 18.6 Å². The van der Waals surface area contributed by atoms with Crippen molar-refractivity contribution in [1.82, 2.24) is 4.98 Å². The molecule has 0 saturated heterocycles. The molecule has 0 saturated carbocycles. The molecule has 6 heteroatoms. The maximum Gasteiger partial charge on any atom is 0.264 e. The number of hydrogen-bond donors (Lipinski definition) is 0. The van der Waals surface area contributed by atoms with Gasteiger partial charge >= 0.3 is 0 Å². The molecule has 4 nitrogen and oxygen atoms in total. The molecule has 0 fully saturated rings. The molecule has 1 aromatic heterocycles. The molecule has 0 amide bonds. The summed E-state index contributed by atoms with van der Waals surface area (Å²) in [5.41, 5.74) is 2.38. The van der Waals surface area contributed by atoms with Gasteiger partial charge in [0.05, 0.1) is 18.4 Å². The van der Waals surface area contributed by atoms with Crippen LogP contribution >= 0.6 is 11.6 Å². The number of aryl methyl sites for hydroxylation is 1. The third kappa shape index (κ3) is 2.98. The number of para-hydroxylation sites is 1. The molecule has 2 aromatic rings. The normalized spacial score (nSPS) is 11.9. The molecule has 2 rings (SSSR count). The van der Waals surface area contributed by atoms with Crippen LogP contribution in [0.15, 0.2) is 24.3 Å². The first kappa shape index (κ1) is 13.3. The fraction of sp³-hybridized carbons (Fsp3) is 0.250. The van der Waals surface area contributed by atoms with Gasteiger partial charge in [0.25, 0.3) is 10.1 Å². The minimum absolute atomic E-state index is 0.103. The van der Waals surface area contributed by atoms with Crippen LogP contribution in [0.5, 0.6) is 0 Å². The molecule has 0 N–H and O–H groups in total. The topological polar surface area (TPSA) is 56.3 Å². The Morgan fingerprint density at radius 1 is 1.39 bits per heavy atom. The SMILES string of the molecule is Cc1cccc2cc(COS(C)(=O)=O)c(Cl)nc12. The van der Waals surface area contributed by atoms with Gasteiger partial charge < -0.3 is 0 Å². The minimum atomic E-state index is -3.49. The summed E-state index contributed by atoms with van der Waals surface area (Å²) in [5.74, 6) is 0. The summed E-state index contributed by atoms with van der Waals surface area (Å²) in [7, 11) is -3.49. The van der Waals surface area contributed by atoms with Crippen LogP contribution < -0.4 is 0 Å². The van der Waals surface area contributed by atoms with E-state index in [0.717, 1.165) is 22.7 Å². The zero-order chi connectivity index (χ0) is 13.3. The number of pyridine rings is 1. The number of nitrogens with zero attached hydrogens (tertiary/aromatic N) is 1. The van der Waals surface area contributed by atoms with E-state index in [9.17, 15) is 8.42 Å². The van der Waals surface area contributed by atoms with Gasteiger partial charge in [-0.1, -0.05) is 29.8 Å². The Hall–Kier alpha value is -1.17. The summed E-state index contributed by atoms with van der Waals surface area (Å²) < 4.78 is 26.6. The first-order chi connectivity index (χ1) is 8.37. The van der Waals surface area contributed by atoms with E-state index in [0.29, 0.717) is 5.56 Å². The van der Waals surface area contributed by atoms with E-state index >= 15 is 0 Å². The van der Waals surface area contributed by atoms with Crippen LogP contribution in [0.4, 0.5) is 0 Å². The maximum atomic E-state index is 10.9. The quantitative estimate of drug-likeness (QED) is 0.643. The van der Waals surface area contributed by atoms with Gasteiger partial charge in [0, 0.05) is 10.9 Å². The lowest BCUT2D eigenvalue weighted by Gasteiger charge is -2.07. The summed E-state index contributed by atoms with van der Waals surface area (Å²) >= 11 is 6.02. The number of benzene rings is 1. The second-order valence-corrected chi connectivity index (χ2v) is 6.05. The lowest BCUT2D eigenvalue weighted by atomic mass is 10.1. The van der Waals surface area contributed by atoms with Crippen molar-refractivity contribution in [2.75, 3.05) is 6.26 Å². The molecule has 0 aliphatic carbocycles. The van der Waals surface area contributed by atoms with Gasteiger partial charge in [-0.15, -0.1) is 0 Å². The van der Waals surface area contributed by atoms with Gasteiger partial charge in [-0.25, -0.2) is 4.98 Å². The number of fused-ring (bicyclic) bond motifs is 1. The van der Waals surface area contributed by atoms with E-state index in [1.165, 1.54) is 0 Å². The highest BCUT2D eigenvalue weighted by molar-refractivity contribution is 7.85. The van der Waals surface area contributed by atoms with Crippen molar-refractivity contribution in [3.8, 4) is 0 Å². The van der Waals surface area contributed by atoms with E-state index in [1.54, 1.807) is 6.07 Å². The Morgan fingerprint density at radius 2 is 2.11 bits per heavy atom. The predicted molar refractivity (Wildman–Crippen MR) is 71.1 cm³/mol. The minimum Gasteiger partial charge on any atom is -0.265 e. The van der Waals surface area contributed by atoms with E-state index in [-0.39, 0.29) is 11.8 Å². The second-order valence-electron chi connectivity index (χ2n) is 4.05. The van der Waals surface area contributed by atoms with Gasteiger partial charge in [-0.2, -0.15) is 8.42 Å². The smallest absolute Gasteiger partial charge is 0.264 e. The van der Waals surface area contributed by atoms with Crippen molar-refractivity contribution >= 4 is 32.6 Å². The largest absolute Gasteiger partial charge is 0.265 e. The Bertz CT molecular complexity index is 698. The van der Waals surface area contributed by atoms with Gasteiger partial charge in [0.2, 0.25) is 0 Å². The molecular weight excluding hydrogens is 274 g/mol. The van der Waals surface area contributed by atoms with Crippen LogP contribution in [0.25, 0.3) is 10.9 Å². The van der Waals surface area contributed by atoms with Crippen molar-refractivity contribution in [2.24, 2.45) is 0 Å². The van der Waals surface area contributed by atoms with Crippen molar-refractivity contribution < 1.29 is 12.6 Å². The molecule has 0 aliphatic rings. The third-order valence-electron chi connectivity index (χ3n) is 2.50. The number of rotatable bonds is 3. The summed E-state index contributed by atoms with van der Waals surface area (Å²) in [4.78, 5) is 4.27. The van der Waals surface area contributed by atoms with Crippen molar-refractivity contribution in [3.05, 3.63) is 40.5 Å². The first-order valence-electron chi connectivity index (χ1n) is 5.26. The maximum absolute atomic E-state index is 10.9. The summed E-state index contributed by atoms with van der Waals surface area (Å²) in [6, 6.07) is 7.55. The zero-order valence-corrected chi connectivity index (χ0v) is 11.5. The summed E-state index contributed by atoms with van der Waals surface area (Å²) in [6.45, 7) is 1.84. The van der Waals surface area contributed by atoms with Gasteiger partial charge in [0.1, 0.15) is 5.15 Å². The highest BCUT2D eigenvalue weighted by Crippen LogP contribution is 2.23. The second kappa shape index (κ2) is 4.84. The molecule has 96 valence electrons. The first-order valence-corrected chi connectivity index (χ1v) is 7.45. The molecule has 0 unspecified atom stereocenters. The van der Waals surface area contributed by atoms with Crippen molar-refractivity contribution in [2.45, 2.75) is 13.5 Å². The molecule has 18 heavy (non-hydrogen) atoms. The van der Waals surface area contributed by atoms with Crippen LogP contribution in [-0.4, -0.2) is 19.7 Å².